The lowest BCUT2D eigenvalue weighted by molar-refractivity contribution is -0.0347. The van der Waals surface area contributed by atoms with Gasteiger partial charge in [0.25, 0.3) is 0 Å². The number of benzene rings is 1. The number of nitrogens with zero attached hydrogens (tertiary/aromatic N) is 1. The molecule has 21 heavy (non-hydrogen) atoms. The molecule has 1 aliphatic heterocycles. The lowest BCUT2D eigenvalue weighted by Gasteiger charge is -2.48. The van der Waals surface area contributed by atoms with E-state index in [2.05, 4.69) is 47.6 Å². The van der Waals surface area contributed by atoms with Crippen molar-refractivity contribution in [3.63, 3.8) is 0 Å². The van der Waals surface area contributed by atoms with Crippen molar-refractivity contribution in [3.8, 4) is 0 Å². The van der Waals surface area contributed by atoms with E-state index in [1.165, 1.54) is 31.2 Å². The van der Waals surface area contributed by atoms with Gasteiger partial charge in [-0.05, 0) is 31.9 Å². The van der Waals surface area contributed by atoms with Crippen molar-refractivity contribution in [3.05, 3.63) is 35.9 Å². The van der Waals surface area contributed by atoms with Gasteiger partial charge in [-0.25, -0.2) is 0 Å². The van der Waals surface area contributed by atoms with Crippen molar-refractivity contribution in [1.29, 1.82) is 0 Å². The minimum Gasteiger partial charge on any atom is -0.379 e. The molecule has 1 atom stereocenters. The Kier molecular flexibility index (Phi) is 4.94. The third-order valence-electron chi connectivity index (χ3n) is 5.39. The first-order valence-electron chi connectivity index (χ1n) is 8.39. The Morgan fingerprint density at radius 3 is 2.43 bits per heavy atom. The van der Waals surface area contributed by atoms with Crippen molar-refractivity contribution >= 4 is 0 Å². The van der Waals surface area contributed by atoms with Crippen LogP contribution in [0.4, 0.5) is 0 Å². The molecule has 0 bridgehead atoms. The SMILES string of the molecule is CNC(Cc1ccccc1)C1(N2CCOCC2)CCCC1. The lowest BCUT2D eigenvalue weighted by atomic mass is 9.82. The highest BCUT2D eigenvalue weighted by atomic mass is 16.5. The van der Waals surface area contributed by atoms with Gasteiger partial charge in [0, 0.05) is 24.7 Å². The lowest BCUT2D eigenvalue weighted by Crippen LogP contribution is -2.62. The van der Waals surface area contributed by atoms with Crippen molar-refractivity contribution in [2.24, 2.45) is 0 Å². The van der Waals surface area contributed by atoms with E-state index in [4.69, 9.17) is 4.74 Å². The Hall–Kier alpha value is -0.900. The summed E-state index contributed by atoms with van der Waals surface area (Å²) < 4.78 is 5.57. The van der Waals surface area contributed by atoms with Crippen LogP contribution in [0.2, 0.25) is 0 Å². The molecule has 0 aromatic heterocycles. The van der Waals surface area contributed by atoms with E-state index in [9.17, 15) is 0 Å². The summed E-state index contributed by atoms with van der Waals surface area (Å²) in [5.74, 6) is 0. The molecule has 3 heteroatoms. The number of nitrogens with one attached hydrogen (secondary N) is 1. The summed E-state index contributed by atoms with van der Waals surface area (Å²) in [4.78, 5) is 2.72. The van der Waals surface area contributed by atoms with Crippen molar-refractivity contribution < 1.29 is 4.74 Å². The molecule has 3 nitrogen and oxygen atoms in total. The van der Waals surface area contributed by atoms with Gasteiger partial charge in [0.15, 0.2) is 0 Å². The van der Waals surface area contributed by atoms with Crippen molar-refractivity contribution in [1.82, 2.24) is 10.2 Å². The molecule has 1 saturated heterocycles. The van der Waals surface area contributed by atoms with E-state index in [-0.39, 0.29) is 0 Å². The second-order valence-electron chi connectivity index (χ2n) is 6.44. The van der Waals surface area contributed by atoms with Crippen LogP contribution in [0.5, 0.6) is 0 Å². The summed E-state index contributed by atoms with van der Waals surface area (Å²) in [5.41, 5.74) is 1.77. The highest BCUT2D eigenvalue weighted by molar-refractivity contribution is 5.18. The van der Waals surface area contributed by atoms with Gasteiger partial charge in [-0.15, -0.1) is 0 Å². The zero-order chi connectivity index (χ0) is 14.5. The van der Waals surface area contributed by atoms with E-state index in [1.807, 2.05) is 0 Å². The molecule has 0 amide bonds. The predicted octanol–water partition coefficient (Wildman–Crippen LogP) is 2.46. The predicted molar refractivity (Wildman–Crippen MR) is 86.6 cm³/mol. The number of hydrogen-bond acceptors (Lipinski definition) is 3. The van der Waals surface area contributed by atoms with Crippen LogP contribution in [0.15, 0.2) is 30.3 Å². The molecule has 2 aliphatic rings. The molecule has 0 spiro atoms. The maximum atomic E-state index is 5.57. The number of hydrogen-bond donors (Lipinski definition) is 1. The smallest absolute Gasteiger partial charge is 0.0594 e. The van der Waals surface area contributed by atoms with E-state index in [1.54, 1.807) is 0 Å². The van der Waals surface area contributed by atoms with Gasteiger partial charge in [-0.1, -0.05) is 43.2 Å². The van der Waals surface area contributed by atoms with E-state index in [0.29, 0.717) is 11.6 Å². The van der Waals surface area contributed by atoms with Gasteiger partial charge in [0.05, 0.1) is 13.2 Å². The Morgan fingerprint density at radius 2 is 1.81 bits per heavy atom. The van der Waals surface area contributed by atoms with Crippen LogP contribution in [0.25, 0.3) is 0 Å². The first kappa shape index (κ1) is 15.0. The number of rotatable bonds is 5. The molecular weight excluding hydrogens is 260 g/mol. The topological polar surface area (TPSA) is 24.5 Å². The largest absolute Gasteiger partial charge is 0.379 e. The molecule has 2 fully saturated rings. The van der Waals surface area contributed by atoms with Crippen molar-refractivity contribution in [2.75, 3.05) is 33.4 Å². The summed E-state index contributed by atoms with van der Waals surface area (Å²) in [5, 5.41) is 3.65. The zero-order valence-electron chi connectivity index (χ0n) is 13.2. The first-order valence-corrected chi connectivity index (χ1v) is 8.39. The summed E-state index contributed by atoms with van der Waals surface area (Å²) >= 11 is 0. The maximum absolute atomic E-state index is 5.57. The molecule has 1 N–H and O–H groups in total. The average molecular weight is 288 g/mol. The Bertz CT molecular complexity index is 422. The van der Waals surface area contributed by atoms with Crippen LogP contribution in [-0.4, -0.2) is 49.8 Å². The monoisotopic (exact) mass is 288 g/mol. The second kappa shape index (κ2) is 6.91. The quantitative estimate of drug-likeness (QED) is 0.901. The van der Waals surface area contributed by atoms with Crippen LogP contribution in [-0.2, 0) is 11.2 Å². The molecule has 3 rings (SSSR count). The highest BCUT2D eigenvalue weighted by Crippen LogP contribution is 2.39. The van der Waals surface area contributed by atoms with E-state index >= 15 is 0 Å². The summed E-state index contributed by atoms with van der Waals surface area (Å²) in [6.07, 6.45) is 6.50. The highest BCUT2D eigenvalue weighted by Gasteiger charge is 2.45. The van der Waals surface area contributed by atoms with Gasteiger partial charge < -0.3 is 10.1 Å². The summed E-state index contributed by atoms with van der Waals surface area (Å²) in [6.45, 7) is 3.97. The molecule has 1 saturated carbocycles. The van der Waals surface area contributed by atoms with Gasteiger partial charge in [0.1, 0.15) is 0 Å². The summed E-state index contributed by atoms with van der Waals surface area (Å²) in [7, 11) is 2.13. The molecule has 0 radical (unpaired) electrons. The maximum Gasteiger partial charge on any atom is 0.0594 e. The first-order chi connectivity index (χ1) is 10.3. The van der Waals surface area contributed by atoms with Crippen LogP contribution in [0.3, 0.4) is 0 Å². The van der Waals surface area contributed by atoms with Crippen LogP contribution >= 0.6 is 0 Å². The Morgan fingerprint density at radius 1 is 1.14 bits per heavy atom. The third kappa shape index (κ3) is 3.15. The Labute approximate surface area is 128 Å². The minimum absolute atomic E-state index is 0.328. The molecular formula is C18H28N2O. The fourth-order valence-electron chi connectivity index (χ4n) is 4.29. The number of morpholine rings is 1. The molecule has 1 unspecified atom stereocenters. The van der Waals surface area contributed by atoms with Crippen LogP contribution in [0.1, 0.15) is 31.2 Å². The minimum atomic E-state index is 0.328. The van der Waals surface area contributed by atoms with E-state index < -0.39 is 0 Å². The summed E-state index contributed by atoms with van der Waals surface area (Å²) in [6, 6.07) is 11.4. The normalized spacial score (nSPS) is 24.0. The van der Waals surface area contributed by atoms with Crippen molar-refractivity contribution in [2.45, 2.75) is 43.7 Å². The molecule has 1 aromatic carbocycles. The fraction of sp³-hybridized carbons (Fsp3) is 0.667. The fourth-order valence-corrected chi connectivity index (χ4v) is 4.29. The average Bonchev–Trinajstić information content (AvgIpc) is 3.05. The van der Waals surface area contributed by atoms with Crippen LogP contribution < -0.4 is 5.32 Å². The van der Waals surface area contributed by atoms with Gasteiger partial charge in [-0.2, -0.15) is 0 Å². The van der Waals surface area contributed by atoms with Gasteiger partial charge in [-0.3, -0.25) is 4.90 Å². The molecule has 1 aliphatic carbocycles. The van der Waals surface area contributed by atoms with Crippen LogP contribution in [0, 0.1) is 0 Å². The van der Waals surface area contributed by atoms with Gasteiger partial charge in [0.2, 0.25) is 0 Å². The number of ether oxygens (including phenoxy) is 1. The molecule has 1 heterocycles. The second-order valence-corrected chi connectivity index (χ2v) is 6.44. The molecule has 116 valence electrons. The Balaban J connectivity index is 1.80. The molecule has 1 aromatic rings. The number of likely N-dealkylation sites (N-methyl/N-ethyl adjacent to an activating group) is 1. The zero-order valence-corrected chi connectivity index (χ0v) is 13.2. The standard InChI is InChI=1S/C18H28N2O/c1-19-17(15-16-7-3-2-4-8-16)18(9-5-6-10-18)20-11-13-21-14-12-20/h2-4,7-8,17,19H,5-6,9-15H2,1H3. The third-order valence-corrected chi connectivity index (χ3v) is 5.39. The van der Waals surface area contributed by atoms with E-state index in [0.717, 1.165) is 32.7 Å². The van der Waals surface area contributed by atoms with Gasteiger partial charge >= 0.3 is 0 Å².